The van der Waals surface area contributed by atoms with Crippen LogP contribution in [0.4, 0.5) is 11.4 Å². The molecule has 0 unspecified atom stereocenters. The Morgan fingerprint density at radius 3 is 2.65 bits per heavy atom. The van der Waals surface area contributed by atoms with Crippen LogP contribution in [-0.2, 0) is 16.4 Å². The maximum Gasteiger partial charge on any atom is 0.292 e. The lowest BCUT2D eigenvalue weighted by atomic mass is 10.1. The molecule has 0 N–H and O–H groups in total. The van der Waals surface area contributed by atoms with Crippen LogP contribution in [-0.4, -0.2) is 41.7 Å². The lowest BCUT2D eigenvalue weighted by Crippen LogP contribution is -2.19. The first kappa shape index (κ1) is 18.4. The first-order valence-electron chi connectivity index (χ1n) is 8.39. The molecule has 1 aromatic heterocycles. The molecule has 0 spiro atoms. The lowest BCUT2D eigenvalue weighted by Gasteiger charge is -2.20. The summed E-state index contributed by atoms with van der Waals surface area (Å²) in [7, 11) is -1.19. The summed E-state index contributed by atoms with van der Waals surface area (Å²) in [6.45, 7) is 4.27. The molecule has 9 heteroatoms. The van der Waals surface area contributed by atoms with Gasteiger partial charge in [0.15, 0.2) is 9.84 Å². The van der Waals surface area contributed by atoms with Crippen molar-refractivity contribution in [2.45, 2.75) is 32.9 Å². The summed E-state index contributed by atoms with van der Waals surface area (Å²) in [5.74, 6) is 0.315. The maximum absolute atomic E-state index is 11.8. The Morgan fingerprint density at radius 1 is 1.35 bits per heavy atom. The predicted octanol–water partition coefficient (Wildman–Crippen LogP) is 2.40. The number of hydrogen-bond acceptors (Lipinski definition) is 6. The van der Waals surface area contributed by atoms with Crippen molar-refractivity contribution in [2.24, 2.45) is 0 Å². The Labute approximate surface area is 152 Å². The molecule has 1 aliphatic rings. The number of sulfone groups is 1. The van der Waals surface area contributed by atoms with Crippen LogP contribution in [0, 0.1) is 24.0 Å². The number of para-hydroxylation sites is 2. The molecular formula is C17H22N4O4S. The second-order valence-electron chi connectivity index (χ2n) is 6.75. The highest BCUT2D eigenvalue weighted by Crippen LogP contribution is 2.30. The lowest BCUT2D eigenvalue weighted by molar-refractivity contribution is -0.384. The number of nitro groups is 1. The second-order valence-corrected chi connectivity index (χ2v) is 8.98. The molecule has 0 aliphatic carbocycles. The van der Waals surface area contributed by atoms with Crippen molar-refractivity contribution in [3.63, 3.8) is 0 Å². The quantitative estimate of drug-likeness (QED) is 0.585. The Kier molecular flexibility index (Phi) is 4.74. The minimum atomic E-state index is -2.99. The third-order valence-corrected chi connectivity index (χ3v) is 6.66. The molecular weight excluding hydrogens is 356 g/mol. The van der Waals surface area contributed by atoms with Crippen molar-refractivity contribution in [3.05, 3.63) is 51.3 Å². The summed E-state index contributed by atoms with van der Waals surface area (Å²) in [6.07, 6.45) is 0.573. The highest BCUT2D eigenvalue weighted by Gasteiger charge is 2.31. The summed E-state index contributed by atoms with van der Waals surface area (Å²) < 4.78 is 25.3. The molecule has 8 nitrogen and oxygen atoms in total. The van der Waals surface area contributed by atoms with Gasteiger partial charge >= 0.3 is 0 Å². The second kappa shape index (κ2) is 6.71. The van der Waals surface area contributed by atoms with Crippen LogP contribution in [0.2, 0.25) is 0 Å². The Balaban J connectivity index is 1.88. The smallest absolute Gasteiger partial charge is 0.292 e. The number of anilines is 1. The van der Waals surface area contributed by atoms with Crippen molar-refractivity contribution in [1.29, 1.82) is 0 Å². The van der Waals surface area contributed by atoms with Crippen LogP contribution in [0.1, 0.15) is 29.4 Å². The standard InChI is InChI=1S/C17H22N4O4S/c1-12-15(10-19(3)16-6-4-5-7-17(16)21(22)23)13(2)20(18-12)14-8-9-26(24,25)11-14/h4-7,14H,8-11H2,1-3H3/t14-/m0/s1. The van der Waals surface area contributed by atoms with Gasteiger partial charge in [0, 0.05) is 30.9 Å². The number of aryl methyl sites for hydroxylation is 1. The average Bonchev–Trinajstić information content (AvgIpc) is 3.08. The fourth-order valence-corrected chi connectivity index (χ4v) is 5.21. The summed E-state index contributed by atoms with van der Waals surface area (Å²) in [5.41, 5.74) is 3.29. The summed E-state index contributed by atoms with van der Waals surface area (Å²) in [5, 5.41) is 15.8. The minimum Gasteiger partial charge on any atom is -0.365 e. The number of benzene rings is 1. The fourth-order valence-electron chi connectivity index (χ4n) is 3.51. The highest BCUT2D eigenvalue weighted by molar-refractivity contribution is 7.91. The van der Waals surface area contributed by atoms with Gasteiger partial charge < -0.3 is 4.90 Å². The third kappa shape index (κ3) is 3.44. The van der Waals surface area contributed by atoms with E-state index < -0.39 is 14.8 Å². The largest absolute Gasteiger partial charge is 0.365 e. The van der Waals surface area contributed by atoms with Crippen molar-refractivity contribution >= 4 is 21.2 Å². The monoisotopic (exact) mass is 378 g/mol. The van der Waals surface area contributed by atoms with Gasteiger partial charge in [-0.3, -0.25) is 14.8 Å². The molecule has 140 valence electrons. The van der Waals surface area contributed by atoms with Crippen molar-refractivity contribution in [2.75, 3.05) is 23.5 Å². The molecule has 0 amide bonds. The zero-order valence-electron chi connectivity index (χ0n) is 15.0. The molecule has 3 rings (SSSR count). The van der Waals surface area contributed by atoms with Crippen LogP contribution < -0.4 is 4.90 Å². The van der Waals surface area contributed by atoms with Crippen LogP contribution in [0.25, 0.3) is 0 Å². The molecule has 1 aromatic carbocycles. The van der Waals surface area contributed by atoms with Gasteiger partial charge in [-0.15, -0.1) is 0 Å². The van der Waals surface area contributed by atoms with E-state index in [-0.39, 0.29) is 23.2 Å². The number of rotatable bonds is 5. The SMILES string of the molecule is Cc1nn([C@H]2CCS(=O)(=O)C2)c(C)c1CN(C)c1ccccc1[N+](=O)[O-]. The Bertz CT molecular complexity index is 952. The van der Waals surface area contributed by atoms with Gasteiger partial charge in [0.2, 0.25) is 0 Å². The average molecular weight is 378 g/mol. The molecule has 1 fully saturated rings. The zero-order valence-corrected chi connectivity index (χ0v) is 15.9. The van der Waals surface area contributed by atoms with Crippen molar-refractivity contribution in [3.8, 4) is 0 Å². The minimum absolute atomic E-state index is 0.0552. The molecule has 1 atom stereocenters. The van der Waals surface area contributed by atoms with Gasteiger partial charge in [-0.2, -0.15) is 5.10 Å². The van der Waals surface area contributed by atoms with E-state index in [0.29, 0.717) is 18.7 Å². The van der Waals surface area contributed by atoms with E-state index in [4.69, 9.17) is 0 Å². The van der Waals surface area contributed by atoms with E-state index in [1.165, 1.54) is 6.07 Å². The van der Waals surface area contributed by atoms with Crippen LogP contribution in [0.15, 0.2) is 24.3 Å². The summed E-state index contributed by atoms with van der Waals surface area (Å²) in [6, 6.07) is 6.48. The van der Waals surface area contributed by atoms with E-state index >= 15 is 0 Å². The van der Waals surface area contributed by atoms with Gasteiger partial charge in [-0.1, -0.05) is 12.1 Å². The Hall–Kier alpha value is -2.42. The first-order chi connectivity index (χ1) is 12.2. The maximum atomic E-state index is 11.8. The summed E-state index contributed by atoms with van der Waals surface area (Å²) >= 11 is 0. The van der Waals surface area contributed by atoms with Crippen molar-refractivity contribution < 1.29 is 13.3 Å². The molecule has 0 bridgehead atoms. The molecule has 0 radical (unpaired) electrons. The van der Waals surface area contributed by atoms with E-state index in [9.17, 15) is 18.5 Å². The molecule has 2 aromatic rings. The van der Waals surface area contributed by atoms with E-state index in [0.717, 1.165) is 17.0 Å². The predicted molar refractivity (Wildman–Crippen MR) is 99.2 cm³/mol. The van der Waals surface area contributed by atoms with Crippen LogP contribution >= 0.6 is 0 Å². The van der Waals surface area contributed by atoms with E-state index in [2.05, 4.69) is 5.10 Å². The van der Waals surface area contributed by atoms with E-state index in [1.54, 1.807) is 25.2 Å². The van der Waals surface area contributed by atoms with Gasteiger partial charge in [0.1, 0.15) is 5.69 Å². The highest BCUT2D eigenvalue weighted by atomic mass is 32.2. The molecule has 1 aliphatic heterocycles. The molecule has 26 heavy (non-hydrogen) atoms. The molecule has 2 heterocycles. The van der Waals surface area contributed by atoms with Crippen molar-refractivity contribution in [1.82, 2.24) is 9.78 Å². The van der Waals surface area contributed by atoms with Gasteiger partial charge in [0.25, 0.3) is 5.69 Å². The molecule has 1 saturated heterocycles. The number of nitrogens with zero attached hydrogens (tertiary/aromatic N) is 4. The first-order valence-corrected chi connectivity index (χ1v) is 10.2. The van der Waals surface area contributed by atoms with Gasteiger partial charge in [-0.25, -0.2) is 8.42 Å². The van der Waals surface area contributed by atoms with Gasteiger partial charge in [0.05, 0.1) is 28.2 Å². The third-order valence-electron chi connectivity index (χ3n) is 4.91. The normalized spacial score (nSPS) is 18.8. The van der Waals surface area contributed by atoms with Crippen LogP contribution in [0.5, 0.6) is 0 Å². The van der Waals surface area contributed by atoms with E-state index in [1.807, 2.05) is 23.4 Å². The Morgan fingerprint density at radius 2 is 2.04 bits per heavy atom. The van der Waals surface area contributed by atoms with Gasteiger partial charge in [-0.05, 0) is 26.3 Å². The number of hydrogen-bond donors (Lipinski definition) is 0. The zero-order chi connectivity index (χ0) is 19.1. The number of nitro benzene ring substituents is 1. The fraction of sp³-hybridized carbons (Fsp3) is 0.471. The number of aromatic nitrogens is 2. The van der Waals surface area contributed by atoms with Crippen LogP contribution in [0.3, 0.4) is 0 Å². The topological polar surface area (TPSA) is 98.3 Å². The molecule has 0 saturated carbocycles. The summed E-state index contributed by atoms with van der Waals surface area (Å²) in [4.78, 5) is 12.7.